The zero-order valence-electron chi connectivity index (χ0n) is 15.1. The Morgan fingerprint density at radius 2 is 2.04 bits per heavy atom. The van der Waals surface area contributed by atoms with Crippen molar-refractivity contribution in [3.8, 4) is 16.4 Å². The van der Waals surface area contributed by atoms with Crippen molar-refractivity contribution in [2.75, 3.05) is 20.1 Å². The molecule has 0 amide bonds. The second-order valence-electron chi connectivity index (χ2n) is 6.83. The predicted octanol–water partition coefficient (Wildman–Crippen LogP) is 2.55. The van der Waals surface area contributed by atoms with Crippen LogP contribution in [-0.4, -0.2) is 54.6 Å². The lowest BCUT2D eigenvalue weighted by molar-refractivity contribution is 0.246. The van der Waals surface area contributed by atoms with Gasteiger partial charge in [0, 0.05) is 19.5 Å². The average molecular weight is 357 g/mol. The highest BCUT2D eigenvalue weighted by atomic mass is 32.1. The first kappa shape index (κ1) is 16.4. The normalized spacial score (nSPS) is 18.8. The van der Waals surface area contributed by atoms with E-state index >= 15 is 0 Å². The van der Waals surface area contributed by atoms with Gasteiger partial charge in [-0.3, -0.25) is 4.68 Å². The number of aryl methyl sites for hydroxylation is 3. The smallest absolute Gasteiger partial charge is 0.175 e. The van der Waals surface area contributed by atoms with E-state index in [0.29, 0.717) is 5.92 Å². The van der Waals surface area contributed by atoms with Crippen LogP contribution in [0.15, 0.2) is 12.4 Å². The van der Waals surface area contributed by atoms with Crippen molar-refractivity contribution >= 4 is 11.3 Å². The fraction of sp³-hybridized carbons (Fsp3) is 0.529. The van der Waals surface area contributed by atoms with Gasteiger partial charge in [-0.25, -0.2) is 14.6 Å². The molecule has 0 bridgehead atoms. The number of thiazole rings is 1. The highest BCUT2D eigenvalue weighted by Gasteiger charge is 2.26. The second-order valence-corrected chi connectivity index (χ2v) is 8.03. The van der Waals surface area contributed by atoms with Gasteiger partial charge in [0.15, 0.2) is 11.6 Å². The molecule has 4 heterocycles. The molecular weight excluding hydrogens is 334 g/mol. The Labute approximate surface area is 151 Å². The van der Waals surface area contributed by atoms with Crippen LogP contribution in [0.1, 0.15) is 35.3 Å². The van der Waals surface area contributed by atoms with Crippen LogP contribution in [0.2, 0.25) is 0 Å². The topological polar surface area (TPSA) is 64.7 Å². The molecule has 1 aliphatic rings. The average Bonchev–Trinajstić information content (AvgIpc) is 3.25. The molecule has 0 spiro atoms. The molecule has 1 atom stereocenters. The zero-order valence-corrected chi connectivity index (χ0v) is 15.9. The maximum absolute atomic E-state index is 4.96. The molecule has 0 aromatic carbocycles. The molecule has 132 valence electrons. The van der Waals surface area contributed by atoms with Gasteiger partial charge in [0.25, 0.3) is 0 Å². The van der Waals surface area contributed by atoms with E-state index in [9.17, 15) is 0 Å². The van der Waals surface area contributed by atoms with Crippen LogP contribution in [0, 0.1) is 13.8 Å². The van der Waals surface area contributed by atoms with E-state index < -0.39 is 0 Å². The number of rotatable bonds is 3. The van der Waals surface area contributed by atoms with Crippen molar-refractivity contribution in [2.45, 2.75) is 32.6 Å². The molecular formula is C17H23N7S. The third-order valence-corrected chi connectivity index (χ3v) is 5.72. The predicted molar refractivity (Wildman–Crippen MR) is 98.2 cm³/mol. The maximum atomic E-state index is 4.96. The number of hydrogen-bond acceptors (Lipinski definition) is 6. The van der Waals surface area contributed by atoms with Crippen molar-refractivity contribution in [1.82, 2.24) is 34.4 Å². The molecule has 0 aliphatic carbocycles. The minimum absolute atomic E-state index is 0.379. The number of likely N-dealkylation sites (N-methyl/N-ethyl adjacent to an activating group) is 1. The largest absolute Gasteiger partial charge is 0.306 e. The standard InChI is InChI=1S/C17H23N7S/c1-11-15(25-12(2)19-11)17-20-16(13-6-5-7-22(3)9-13)21-24(17)14-8-18-23(4)10-14/h8,10,13H,5-7,9H2,1-4H3. The van der Waals surface area contributed by atoms with Gasteiger partial charge in [-0.2, -0.15) is 10.2 Å². The number of piperidine rings is 1. The van der Waals surface area contributed by atoms with Crippen molar-refractivity contribution < 1.29 is 0 Å². The Bertz CT molecular complexity index is 891. The van der Waals surface area contributed by atoms with E-state index in [4.69, 9.17) is 10.1 Å². The van der Waals surface area contributed by atoms with E-state index in [1.807, 2.05) is 38.0 Å². The molecule has 0 N–H and O–H groups in total. The summed E-state index contributed by atoms with van der Waals surface area (Å²) in [6, 6.07) is 0. The van der Waals surface area contributed by atoms with Gasteiger partial charge < -0.3 is 4.90 Å². The Morgan fingerprint density at radius 3 is 2.68 bits per heavy atom. The molecule has 4 rings (SSSR count). The van der Waals surface area contributed by atoms with Crippen LogP contribution in [0.4, 0.5) is 0 Å². The molecule has 3 aromatic heterocycles. The van der Waals surface area contributed by atoms with Crippen LogP contribution in [0.25, 0.3) is 16.4 Å². The first-order valence-electron chi connectivity index (χ1n) is 8.60. The molecule has 7 nitrogen and oxygen atoms in total. The summed E-state index contributed by atoms with van der Waals surface area (Å²) in [6.07, 6.45) is 6.13. The molecule has 0 saturated carbocycles. The summed E-state index contributed by atoms with van der Waals surface area (Å²) in [4.78, 5) is 13.0. The van der Waals surface area contributed by atoms with E-state index in [0.717, 1.165) is 52.4 Å². The van der Waals surface area contributed by atoms with Gasteiger partial charge in [0.2, 0.25) is 0 Å². The summed E-state index contributed by atoms with van der Waals surface area (Å²) in [6.45, 7) is 6.23. The lowest BCUT2D eigenvalue weighted by atomic mass is 9.98. The Hall–Kier alpha value is -2.06. The maximum Gasteiger partial charge on any atom is 0.175 e. The molecule has 1 saturated heterocycles. The number of hydrogen-bond donors (Lipinski definition) is 0. The second kappa shape index (κ2) is 6.34. The molecule has 8 heteroatoms. The Morgan fingerprint density at radius 1 is 1.20 bits per heavy atom. The van der Waals surface area contributed by atoms with Gasteiger partial charge >= 0.3 is 0 Å². The summed E-state index contributed by atoms with van der Waals surface area (Å²) in [5.74, 6) is 2.18. The van der Waals surface area contributed by atoms with Crippen molar-refractivity contribution in [3.63, 3.8) is 0 Å². The molecule has 1 fully saturated rings. The van der Waals surface area contributed by atoms with Crippen LogP contribution >= 0.6 is 11.3 Å². The summed E-state index contributed by atoms with van der Waals surface area (Å²) in [5, 5.41) is 10.2. The first-order valence-corrected chi connectivity index (χ1v) is 9.42. The van der Waals surface area contributed by atoms with Gasteiger partial charge in [-0.1, -0.05) is 0 Å². The highest BCUT2D eigenvalue weighted by Crippen LogP contribution is 2.32. The van der Waals surface area contributed by atoms with E-state index in [1.165, 1.54) is 6.42 Å². The number of nitrogens with zero attached hydrogens (tertiary/aromatic N) is 7. The van der Waals surface area contributed by atoms with Crippen molar-refractivity contribution in [2.24, 2.45) is 7.05 Å². The lowest BCUT2D eigenvalue weighted by Crippen LogP contribution is -2.31. The van der Waals surface area contributed by atoms with Crippen LogP contribution in [0.5, 0.6) is 0 Å². The molecule has 3 aromatic rings. The summed E-state index contributed by atoms with van der Waals surface area (Å²) < 4.78 is 3.72. The van der Waals surface area contributed by atoms with Gasteiger partial charge in [0.1, 0.15) is 5.69 Å². The van der Waals surface area contributed by atoms with E-state index in [2.05, 4.69) is 22.0 Å². The summed E-state index contributed by atoms with van der Waals surface area (Å²) in [7, 11) is 4.08. The van der Waals surface area contributed by atoms with Gasteiger partial charge in [-0.05, 0) is 40.3 Å². The third kappa shape index (κ3) is 3.11. The number of likely N-dealkylation sites (tertiary alicyclic amines) is 1. The van der Waals surface area contributed by atoms with Crippen LogP contribution in [-0.2, 0) is 7.05 Å². The van der Waals surface area contributed by atoms with Crippen molar-refractivity contribution in [1.29, 1.82) is 0 Å². The minimum Gasteiger partial charge on any atom is -0.306 e. The summed E-state index contributed by atoms with van der Waals surface area (Å²) in [5.41, 5.74) is 1.94. The number of aromatic nitrogens is 6. The molecule has 25 heavy (non-hydrogen) atoms. The van der Waals surface area contributed by atoms with E-state index in [-0.39, 0.29) is 0 Å². The molecule has 1 unspecified atom stereocenters. The van der Waals surface area contributed by atoms with Gasteiger partial charge in [-0.15, -0.1) is 11.3 Å². The molecule has 0 radical (unpaired) electrons. The summed E-state index contributed by atoms with van der Waals surface area (Å²) >= 11 is 1.67. The van der Waals surface area contributed by atoms with Crippen LogP contribution < -0.4 is 0 Å². The fourth-order valence-electron chi connectivity index (χ4n) is 3.46. The Kier molecular flexibility index (Phi) is 4.16. The lowest BCUT2D eigenvalue weighted by Gasteiger charge is -2.27. The molecule has 1 aliphatic heterocycles. The quantitative estimate of drug-likeness (QED) is 0.721. The fourth-order valence-corrected chi connectivity index (χ4v) is 4.36. The zero-order chi connectivity index (χ0) is 17.6. The minimum atomic E-state index is 0.379. The van der Waals surface area contributed by atoms with E-state index in [1.54, 1.807) is 16.0 Å². The highest BCUT2D eigenvalue weighted by molar-refractivity contribution is 7.15. The van der Waals surface area contributed by atoms with Crippen LogP contribution in [0.3, 0.4) is 0 Å². The SMILES string of the molecule is Cc1nc(C)c(-c2nc(C3CCCN(C)C3)nn2-c2cnn(C)c2)s1. The first-order chi connectivity index (χ1) is 12.0. The van der Waals surface area contributed by atoms with Gasteiger partial charge in [0.05, 0.1) is 28.0 Å². The van der Waals surface area contributed by atoms with Crippen molar-refractivity contribution in [3.05, 3.63) is 28.9 Å². The monoisotopic (exact) mass is 357 g/mol. The Balaban J connectivity index is 1.82. The third-order valence-electron chi connectivity index (χ3n) is 4.66.